The summed E-state index contributed by atoms with van der Waals surface area (Å²) in [5.41, 5.74) is 0.678. The topological polar surface area (TPSA) is 29.1 Å². The monoisotopic (exact) mass is 289 g/mol. The molecule has 19 heavy (non-hydrogen) atoms. The smallest absolute Gasteiger partial charge is 0.242 e. The van der Waals surface area contributed by atoms with E-state index in [9.17, 15) is 13.0 Å². The number of benzene rings is 1. The van der Waals surface area contributed by atoms with Crippen molar-refractivity contribution < 1.29 is 13.0 Å². The molecule has 0 fully saturated rings. The van der Waals surface area contributed by atoms with E-state index in [1.54, 1.807) is 12.1 Å². The number of halogens is 2. The molecule has 0 aliphatic heterocycles. The highest BCUT2D eigenvalue weighted by Gasteiger charge is 2.26. The third kappa shape index (κ3) is 4.66. The van der Waals surface area contributed by atoms with E-state index >= 15 is 0 Å². The molecule has 2 nitrogen and oxygen atoms in total. The first-order chi connectivity index (χ1) is 8.51. The quantitative estimate of drug-likeness (QED) is 0.894. The first-order valence-corrected chi connectivity index (χ1v) is 7.33. The Morgan fingerprint density at radius 3 is 2.26 bits per heavy atom. The minimum absolute atomic E-state index is 0.0276. The molecule has 0 bridgehead atoms. The highest BCUT2D eigenvalue weighted by atomic mass is 32.2. The summed E-state index contributed by atoms with van der Waals surface area (Å²) in [5, 5.41) is 0. The number of alkyl halides is 2. The maximum absolute atomic E-state index is 13.3. The van der Waals surface area contributed by atoms with Crippen LogP contribution in [0.4, 0.5) is 8.78 Å². The summed E-state index contributed by atoms with van der Waals surface area (Å²) in [6, 6.07) is 5.96. The van der Waals surface area contributed by atoms with E-state index in [1.807, 2.05) is 27.7 Å². The number of hydrogen-bond donors (Lipinski definition) is 1. The Hall–Kier alpha value is -0.810. The van der Waals surface area contributed by atoms with Crippen LogP contribution in [0.15, 0.2) is 24.3 Å². The summed E-state index contributed by atoms with van der Waals surface area (Å²) in [5.74, 6) is -2.86. The third-order valence-corrected chi connectivity index (χ3v) is 4.41. The minimum atomic E-state index is -2.86. The predicted molar refractivity (Wildman–Crippen MR) is 75.5 cm³/mol. The van der Waals surface area contributed by atoms with Gasteiger partial charge in [0.1, 0.15) is 0 Å². The van der Waals surface area contributed by atoms with Crippen LogP contribution in [0.3, 0.4) is 0 Å². The SMILES string of the molecule is C[C@@H](N[S@@](=O)C(C)(C)C)c1cccc(C(C)(F)F)c1. The van der Waals surface area contributed by atoms with Gasteiger partial charge in [-0.1, -0.05) is 18.2 Å². The molecule has 2 atom stereocenters. The molecule has 0 aliphatic carbocycles. The average molecular weight is 289 g/mol. The van der Waals surface area contributed by atoms with E-state index < -0.39 is 16.9 Å². The maximum atomic E-state index is 13.3. The Labute approximate surface area is 116 Å². The summed E-state index contributed by atoms with van der Waals surface area (Å²) < 4.78 is 41.1. The van der Waals surface area contributed by atoms with Gasteiger partial charge in [0.2, 0.25) is 0 Å². The Balaban J connectivity index is 2.89. The highest BCUT2D eigenvalue weighted by molar-refractivity contribution is 7.84. The van der Waals surface area contributed by atoms with E-state index in [0.717, 1.165) is 6.92 Å². The van der Waals surface area contributed by atoms with Gasteiger partial charge in [-0.2, -0.15) is 0 Å². The zero-order chi connectivity index (χ0) is 14.8. The van der Waals surface area contributed by atoms with Gasteiger partial charge in [0.25, 0.3) is 5.92 Å². The van der Waals surface area contributed by atoms with Crippen LogP contribution in [0, 0.1) is 0 Å². The van der Waals surface area contributed by atoms with E-state index in [0.29, 0.717) is 5.56 Å². The van der Waals surface area contributed by atoms with Gasteiger partial charge in [0.15, 0.2) is 0 Å². The fourth-order valence-electron chi connectivity index (χ4n) is 1.49. The maximum Gasteiger partial charge on any atom is 0.270 e. The van der Waals surface area contributed by atoms with Crippen LogP contribution >= 0.6 is 0 Å². The molecule has 5 heteroatoms. The van der Waals surface area contributed by atoms with Crippen molar-refractivity contribution in [2.24, 2.45) is 0 Å². The van der Waals surface area contributed by atoms with Crippen molar-refractivity contribution in [2.75, 3.05) is 0 Å². The molecule has 0 aliphatic rings. The number of nitrogens with one attached hydrogen (secondary N) is 1. The molecule has 0 saturated carbocycles. The first-order valence-electron chi connectivity index (χ1n) is 6.18. The van der Waals surface area contributed by atoms with Gasteiger partial charge in [0.05, 0.1) is 15.7 Å². The number of rotatable bonds is 4. The lowest BCUT2D eigenvalue weighted by Crippen LogP contribution is -2.34. The predicted octanol–water partition coefficient (Wildman–Crippen LogP) is 3.91. The van der Waals surface area contributed by atoms with Crippen LogP contribution < -0.4 is 4.72 Å². The fourth-order valence-corrected chi connectivity index (χ4v) is 2.30. The van der Waals surface area contributed by atoms with Crippen LogP contribution in [0.1, 0.15) is 51.8 Å². The Kier molecular flexibility index (Phi) is 4.85. The molecule has 1 aromatic carbocycles. The van der Waals surface area contributed by atoms with Crippen molar-refractivity contribution in [1.29, 1.82) is 0 Å². The molecule has 0 unspecified atom stereocenters. The Morgan fingerprint density at radius 2 is 1.79 bits per heavy atom. The molecule has 0 spiro atoms. The first kappa shape index (κ1) is 16.2. The molecule has 0 amide bonds. The molecule has 1 aromatic rings. The molecule has 0 radical (unpaired) electrons. The van der Waals surface area contributed by atoms with Gasteiger partial charge in [-0.15, -0.1) is 0 Å². The van der Waals surface area contributed by atoms with Gasteiger partial charge in [0, 0.05) is 18.5 Å². The average Bonchev–Trinajstić information content (AvgIpc) is 2.26. The summed E-state index contributed by atoms with van der Waals surface area (Å²) in [6.45, 7) is 8.27. The van der Waals surface area contributed by atoms with Crippen molar-refractivity contribution in [3.05, 3.63) is 35.4 Å². The van der Waals surface area contributed by atoms with Gasteiger partial charge in [-0.25, -0.2) is 17.7 Å². The van der Waals surface area contributed by atoms with E-state index in [4.69, 9.17) is 0 Å². The lowest BCUT2D eigenvalue weighted by atomic mass is 10.0. The van der Waals surface area contributed by atoms with Crippen LogP contribution in [0.25, 0.3) is 0 Å². The summed E-state index contributed by atoms with van der Waals surface area (Å²) in [7, 11) is -1.23. The van der Waals surface area contributed by atoms with Crippen molar-refractivity contribution in [1.82, 2.24) is 4.72 Å². The summed E-state index contributed by atoms with van der Waals surface area (Å²) >= 11 is 0. The third-order valence-electron chi connectivity index (χ3n) is 2.73. The van der Waals surface area contributed by atoms with Crippen molar-refractivity contribution in [3.63, 3.8) is 0 Å². The van der Waals surface area contributed by atoms with Crippen molar-refractivity contribution in [2.45, 2.75) is 51.3 Å². The zero-order valence-electron chi connectivity index (χ0n) is 12.0. The Morgan fingerprint density at radius 1 is 1.21 bits per heavy atom. The molecule has 0 heterocycles. The van der Waals surface area contributed by atoms with E-state index in [1.165, 1.54) is 12.1 Å². The second-order valence-corrected chi connectivity index (χ2v) is 7.73. The highest BCUT2D eigenvalue weighted by Crippen LogP contribution is 2.29. The lowest BCUT2D eigenvalue weighted by molar-refractivity contribution is 0.0174. The fraction of sp³-hybridized carbons (Fsp3) is 0.571. The molecule has 1 N–H and O–H groups in total. The second-order valence-electron chi connectivity index (χ2n) is 5.73. The molecule has 108 valence electrons. The molecule has 1 rings (SSSR count). The van der Waals surface area contributed by atoms with Gasteiger partial charge >= 0.3 is 0 Å². The molecular weight excluding hydrogens is 268 g/mol. The van der Waals surface area contributed by atoms with Gasteiger partial charge in [-0.05, 0) is 39.3 Å². The largest absolute Gasteiger partial charge is 0.270 e. The summed E-state index contributed by atoms with van der Waals surface area (Å²) in [6.07, 6.45) is 0. The number of hydrogen-bond acceptors (Lipinski definition) is 1. The van der Waals surface area contributed by atoms with Gasteiger partial charge in [-0.3, -0.25) is 0 Å². The van der Waals surface area contributed by atoms with Crippen molar-refractivity contribution in [3.8, 4) is 0 Å². The summed E-state index contributed by atoms with van der Waals surface area (Å²) in [4.78, 5) is 0. The normalized spacial score (nSPS) is 16.2. The van der Waals surface area contributed by atoms with Crippen LogP contribution in [0.5, 0.6) is 0 Å². The molecular formula is C14H21F2NOS. The van der Waals surface area contributed by atoms with Crippen molar-refractivity contribution >= 4 is 11.0 Å². The van der Waals surface area contributed by atoms with E-state index in [-0.39, 0.29) is 16.4 Å². The standard InChI is InChI=1S/C14H21F2NOS/c1-10(17-19(18)13(2,3)4)11-7-6-8-12(9-11)14(5,15)16/h6-10,17H,1-5H3/t10-,19+/m1/s1. The van der Waals surface area contributed by atoms with Crippen LogP contribution in [0.2, 0.25) is 0 Å². The Bertz CT molecular complexity index is 463. The van der Waals surface area contributed by atoms with Gasteiger partial charge < -0.3 is 0 Å². The lowest BCUT2D eigenvalue weighted by Gasteiger charge is -2.22. The zero-order valence-corrected chi connectivity index (χ0v) is 12.8. The molecule has 0 aromatic heterocycles. The van der Waals surface area contributed by atoms with Crippen LogP contribution in [-0.2, 0) is 16.9 Å². The van der Waals surface area contributed by atoms with Crippen LogP contribution in [-0.4, -0.2) is 8.96 Å². The molecule has 0 saturated heterocycles. The van der Waals surface area contributed by atoms with E-state index in [2.05, 4.69) is 4.72 Å². The second kappa shape index (κ2) is 5.67. The minimum Gasteiger partial charge on any atom is -0.242 e.